The summed E-state index contributed by atoms with van der Waals surface area (Å²) < 4.78 is 75.3. The van der Waals surface area contributed by atoms with E-state index in [2.05, 4.69) is 15.6 Å². The summed E-state index contributed by atoms with van der Waals surface area (Å²) in [5, 5.41) is 5.49. The number of nitrogens with one attached hydrogen (secondary N) is 2. The van der Waals surface area contributed by atoms with Crippen molar-refractivity contribution in [3.63, 3.8) is 0 Å². The minimum atomic E-state index is -4.48. The lowest BCUT2D eigenvalue weighted by atomic mass is 9.96. The summed E-state index contributed by atoms with van der Waals surface area (Å²) in [6.07, 6.45) is -8.42. The fourth-order valence-corrected chi connectivity index (χ4v) is 2.47. The van der Waals surface area contributed by atoms with Gasteiger partial charge in [0.25, 0.3) is 0 Å². The molecule has 0 aliphatic carbocycles. The van der Waals surface area contributed by atoms with Crippen molar-refractivity contribution in [2.45, 2.75) is 31.6 Å². The van der Waals surface area contributed by atoms with Crippen molar-refractivity contribution in [1.29, 1.82) is 0 Å². The molecule has 0 saturated carbocycles. The van der Waals surface area contributed by atoms with Gasteiger partial charge in [-0.05, 0) is 24.0 Å². The van der Waals surface area contributed by atoms with Crippen LogP contribution in [0.1, 0.15) is 30.4 Å². The van der Waals surface area contributed by atoms with Gasteiger partial charge in [0, 0.05) is 20.6 Å². The summed E-state index contributed by atoms with van der Waals surface area (Å²) >= 11 is 0. The number of likely N-dealkylation sites (N-methyl/N-ethyl adjacent to an activating group) is 1. The second kappa shape index (κ2) is 12.2. The topological polar surface area (TPSA) is 56.7 Å². The normalized spacial score (nSPS) is 13.3. The lowest BCUT2D eigenvalue weighted by Gasteiger charge is -2.20. The summed E-state index contributed by atoms with van der Waals surface area (Å²) in [6.45, 7) is 0.385. The molecule has 0 aliphatic heterocycles. The molecular weight excluding hydrogens is 529 g/mol. The Bertz CT molecular complexity index is 709. The average molecular weight is 554 g/mol. The Kier molecular flexibility index (Phi) is 11.5. The highest BCUT2D eigenvalue weighted by atomic mass is 127. The van der Waals surface area contributed by atoms with E-state index in [4.69, 9.17) is 0 Å². The number of carbonyl (C=O) groups is 1. The molecule has 30 heavy (non-hydrogen) atoms. The Morgan fingerprint density at radius 3 is 2.33 bits per heavy atom. The molecule has 1 rings (SSSR count). The Morgan fingerprint density at radius 1 is 1.17 bits per heavy atom. The predicted octanol–water partition coefficient (Wildman–Crippen LogP) is 4.00. The van der Waals surface area contributed by atoms with Crippen molar-refractivity contribution in [3.05, 3.63) is 35.4 Å². The maximum atomic E-state index is 12.8. The van der Waals surface area contributed by atoms with Crippen LogP contribution in [0.15, 0.2) is 29.3 Å². The van der Waals surface area contributed by atoms with Gasteiger partial charge >= 0.3 is 12.4 Å². The van der Waals surface area contributed by atoms with E-state index in [1.54, 1.807) is 13.0 Å². The Labute approximate surface area is 188 Å². The zero-order chi connectivity index (χ0) is 22.2. The molecule has 1 atom stereocenters. The minimum absolute atomic E-state index is 0. The lowest BCUT2D eigenvalue weighted by Crippen LogP contribution is -2.45. The first-order valence-electron chi connectivity index (χ1n) is 8.76. The number of amides is 1. The molecule has 0 aliphatic rings. The second-order valence-corrected chi connectivity index (χ2v) is 6.53. The minimum Gasteiger partial charge on any atom is -0.356 e. The van der Waals surface area contributed by atoms with E-state index in [0.717, 1.165) is 19.2 Å². The van der Waals surface area contributed by atoms with Crippen LogP contribution in [-0.2, 0) is 11.0 Å². The van der Waals surface area contributed by atoms with Gasteiger partial charge in [0.2, 0.25) is 5.91 Å². The Hall–Kier alpha value is -1.73. The van der Waals surface area contributed by atoms with Crippen molar-refractivity contribution in [3.8, 4) is 0 Å². The van der Waals surface area contributed by atoms with Crippen molar-refractivity contribution in [2.75, 3.05) is 33.7 Å². The molecule has 0 spiro atoms. The number of hydrogen-bond acceptors (Lipinski definition) is 2. The highest BCUT2D eigenvalue weighted by Crippen LogP contribution is 2.31. The van der Waals surface area contributed by atoms with E-state index in [9.17, 15) is 31.1 Å². The summed E-state index contributed by atoms with van der Waals surface area (Å²) in [5.41, 5.74) is -0.178. The molecule has 1 amide bonds. The number of alkyl halides is 6. The van der Waals surface area contributed by atoms with E-state index in [1.807, 2.05) is 0 Å². The van der Waals surface area contributed by atoms with Gasteiger partial charge in [0.05, 0.1) is 12.1 Å². The molecule has 0 saturated heterocycles. The van der Waals surface area contributed by atoms with Gasteiger partial charge in [-0.1, -0.05) is 25.1 Å². The number of benzene rings is 1. The highest BCUT2D eigenvalue weighted by molar-refractivity contribution is 14.0. The van der Waals surface area contributed by atoms with Crippen molar-refractivity contribution in [1.82, 2.24) is 15.5 Å². The van der Waals surface area contributed by atoms with Crippen LogP contribution in [-0.4, -0.2) is 56.7 Å². The Balaban J connectivity index is 0.00000841. The first kappa shape index (κ1) is 28.3. The van der Waals surface area contributed by atoms with E-state index < -0.39 is 30.4 Å². The summed E-state index contributed by atoms with van der Waals surface area (Å²) in [5.74, 6) is -0.736. The molecule has 0 radical (unpaired) electrons. The third-order valence-electron chi connectivity index (χ3n) is 4.13. The molecule has 0 bridgehead atoms. The van der Waals surface area contributed by atoms with Crippen LogP contribution < -0.4 is 10.6 Å². The monoisotopic (exact) mass is 554 g/mol. The Morgan fingerprint density at radius 2 is 1.80 bits per heavy atom. The number of rotatable bonds is 7. The zero-order valence-corrected chi connectivity index (χ0v) is 19.0. The molecule has 172 valence electrons. The van der Waals surface area contributed by atoms with Crippen molar-refractivity contribution in [2.24, 2.45) is 4.99 Å². The molecule has 0 fully saturated rings. The fourth-order valence-electron chi connectivity index (χ4n) is 2.47. The molecular formula is C18H25F6IN4O. The zero-order valence-electron chi connectivity index (χ0n) is 16.7. The van der Waals surface area contributed by atoms with E-state index in [0.29, 0.717) is 23.4 Å². The van der Waals surface area contributed by atoms with Gasteiger partial charge in [-0.3, -0.25) is 9.79 Å². The van der Waals surface area contributed by atoms with E-state index in [-0.39, 0.29) is 42.4 Å². The number of guanidine groups is 1. The first-order chi connectivity index (χ1) is 13.3. The average Bonchev–Trinajstić information content (AvgIpc) is 2.62. The van der Waals surface area contributed by atoms with Gasteiger partial charge in [-0.25, -0.2) is 0 Å². The molecule has 0 aromatic heterocycles. The molecule has 12 heteroatoms. The molecule has 0 heterocycles. The summed E-state index contributed by atoms with van der Waals surface area (Å²) in [7, 11) is 2.47. The van der Waals surface area contributed by atoms with Gasteiger partial charge in [-0.15, -0.1) is 24.0 Å². The van der Waals surface area contributed by atoms with Gasteiger partial charge in [-0.2, -0.15) is 26.3 Å². The third kappa shape index (κ3) is 10.3. The van der Waals surface area contributed by atoms with Crippen molar-refractivity contribution < 1.29 is 31.1 Å². The predicted molar refractivity (Wildman–Crippen MR) is 113 cm³/mol. The van der Waals surface area contributed by atoms with Gasteiger partial charge in [0.15, 0.2) is 5.96 Å². The number of carbonyl (C=O) groups excluding carboxylic acids is 1. The molecule has 1 aromatic rings. The quantitative estimate of drug-likeness (QED) is 0.232. The number of nitrogens with zero attached hydrogens (tertiary/aromatic N) is 2. The number of hydrogen-bond donors (Lipinski definition) is 2. The number of aliphatic imine (C=N–C) groups is 1. The van der Waals surface area contributed by atoms with E-state index >= 15 is 0 Å². The van der Waals surface area contributed by atoms with Crippen LogP contribution in [0, 0.1) is 0 Å². The summed E-state index contributed by atoms with van der Waals surface area (Å²) in [6, 6.07) is 5.08. The molecule has 1 aromatic carbocycles. The van der Waals surface area contributed by atoms with Crippen LogP contribution in [0.25, 0.3) is 0 Å². The maximum Gasteiger partial charge on any atom is 0.416 e. The van der Waals surface area contributed by atoms with Crippen LogP contribution in [0.3, 0.4) is 0 Å². The molecule has 1 unspecified atom stereocenters. The first-order valence-corrected chi connectivity index (χ1v) is 8.76. The largest absolute Gasteiger partial charge is 0.416 e. The van der Waals surface area contributed by atoms with Crippen LogP contribution in [0.5, 0.6) is 0 Å². The van der Waals surface area contributed by atoms with Crippen LogP contribution in [0.4, 0.5) is 26.3 Å². The smallest absolute Gasteiger partial charge is 0.356 e. The SMILES string of the molecule is CN=C(NCCC(C)c1cccc(C(F)(F)F)c1)NCC(=O)N(C)CC(F)(F)F.I. The van der Waals surface area contributed by atoms with Crippen LogP contribution >= 0.6 is 24.0 Å². The third-order valence-corrected chi connectivity index (χ3v) is 4.13. The highest BCUT2D eigenvalue weighted by Gasteiger charge is 2.31. The lowest BCUT2D eigenvalue weighted by molar-refractivity contribution is -0.157. The van der Waals surface area contributed by atoms with Crippen LogP contribution in [0.2, 0.25) is 0 Å². The molecule has 2 N–H and O–H groups in total. The van der Waals surface area contributed by atoms with E-state index in [1.165, 1.54) is 13.1 Å². The standard InChI is InChI=1S/C18H24F6N4O.HI/c1-12(13-5-4-6-14(9-13)18(22,23)24)7-8-26-16(25-2)27-10-15(29)28(3)11-17(19,20)21;/h4-6,9,12H,7-8,10-11H2,1-3H3,(H2,25,26,27);1H. The molecule has 5 nitrogen and oxygen atoms in total. The number of halogens is 7. The summed E-state index contributed by atoms with van der Waals surface area (Å²) in [4.78, 5) is 16.1. The fraction of sp³-hybridized carbons (Fsp3) is 0.556. The second-order valence-electron chi connectivity index (χ2n) is 6.53. The van der Waals surface area contributed by atoms with Gasteiger partial charge < -0.3 is 15.5 Å². The van der Waals surface area contributed by atoms with Crippen molar-refractivity contribution >= 4 is 35.8 Å². The maximum absolute atomic E-state index is 12.8. The van der Waals surface area contributed by atoms with Gasteiger partial charge in [0.1, 0.15) is 6.54 Å².